The van der Waals surface area contributed by atoms with Crippen LogP contribution in [0.3, 0.4) is 0 Å². The predicted molar refractivity (Wildman–Crippen MR) is 73.7 cm³/mol. The summed E-state index contributed by atoms with van der Waals surface area (Å²) in [6.45, 7) is 2.23. The van der Waals surface area contributed by atoms with E-state index in [1.165, 1.54) is 18.9 Å². The molecule has 3 nitrogen and oxygen atoms in total. The van der Waals surface area contributed by atoms with Crippen molar-refractivity contribution in [3.05, 3.63) is 35.9 Å². The Hall–Kier alpha value is -1.77. The maximum atomic E-state index is 10.6. The molecule has 1 N–H and O–H groups in total. The lowest BCUT2D eigenvalue weighted by atomic mass is 10.1. The van der Waals surface area contributed by atoms with Crippen molar-refractivity contribution in [3.63, 3.8) is 0 Å². The third-order valence-corrected chi connectivity index (χ3v) is 3.64. The molecule has 1 fully saturated rings. The third-order valence-electron chi connectivity index (χ3n) is 3.64. The Morgan fingerprint density at radius 2 is 2.11 bits per heavy atom. The second-order valence-electron chi connectivity index (χ2n) is 4.92. The Labute approximate surface area is 108 Å². The van der Waals surface area contributed by atoms with Crippen LogP contribution in [0.25, 0.3) is 6.08 Å². The number of rotatable bonds is 5. The lowest BCUT2D eigenvalue weighted by molar-refractivity contribution is -0.131. The van der Waals surface area contributed by atoms with Gasteiger partial charge < -0.3 is 10.0 Å². The first-order valence-electron chi connectivity index (χ1n) is 6.32. The van der Waals surface area contributed by atoms with E-state index in [-0.39, 0.29) is 0 Å². The van der Waals surface area contributed by atoms with Gasteiger partial charge in [0, 0.05) is 24.9 Å². The Morgan fingerprint density at radius 3 is 2.72 bits per heavy atom. The number of hydrogen-bond donors (Lipinski definition) is 1. The number of carbonyl (C=O) groups is 1. The number of para-hydroxylation sites is 1. The molecule has 1 aliphatic carbocycles. The van der Waals surface area contributed by atoms with Crippen molar-refractivity contribution in [2.45, 2.75) is 25.8 Å². The normalized spacial score (nSPS) is 16.8. The second kappa shape index (κ2) is 5.25. The summed E-state index contributed by atoms with van der Waals surface area (Å²) < 4.78 is 0. The van der Waals surface area contributed by atoms with Crippen molar-refractivity contribution in [1.29, 1.82) is 0 Å². The monoisotopic (exact) mass is 245 g/mol. The molecular weight excluding hydrogens is 226 g/mol. The Bertz CT molecular complexity index is 463. The van der Waals surface area contributed by atoms with Crippen molar-refractivity contribution in [2.24, 2.45) is 5.92 Å². The first kappa shape index (κ1) is 12.7. The van der Waals surface area contributed by atoms with Crippen LogP contribution >= 0.6 is 0 Å². The van der Waals surface area contributed by atoms with Crippen molar-refractivity contribution in [3.8, 4) is 0 Å². The van der Waals surface area contributed by atoms with Gasteiger partial charge >= 0.3 is 5.97 Å². The molecule has 0 heterocycles. The average Bonchev–Trinajstić information content (AvgIpc) is 3.19. The maximum absolute atomic E-state index is 10.6. The molecule has 1 saturated carbocycles. The Kier molecular flexibility index (Phi) is 3.70. The molecule has 1 aliphatic rings. The largest absolute Gasteiger partial charge is 0.478 e. The summed E-state index contributed by atoms with van der Waals surface area (Å²) in [5.74, 6) is -0.130. The van der Waals surface area contributed by atoms with E-state index in [2.05, 4.69) is 18.9 Å². The van der Waals surface area contributed by atoms with E-state index < -0.39 is 5.97 Å². The minimum Gasteiger partial charge on any atom is -0.478 e. The summed E-state index contributed by atoms with van der Waals surface area (Å²) in [6, 6.07) is 8.42. The van der Waals surface area contributed by atoms with Crippen LogP contribution in [0, 0.1) is 5.92 Å². The van der Waals surface area contributed by atoms with E-state index in [0.29, 0.717) is 6.04 Å². The van der Waals surface area contributed by atoms with E-state index in [4.69, 9.17) is 5.11 Å². The van der Waals surface area contributed by atoms with Gasteiger partial charge in [0.1, 0.15) is 0 Å². The van der Waals surface area contributed by atoms with Crippen molar-refractivity contribution >= 4 is 17.7 Å². The van der Waals surface area contributed by atoms with Crippen LogP contribution in [0.1, 0.15) is 25.3 Å². The van der Waals surface area contributed by atoms with Gasteiger partial charge in [-0.15, -0.1) is 0 Å². The van der Waals surface area contributed by atoms with E-state index in [9.17, 15) is 4.79 Å². The number of anilines is 1. The first-order valence-corrected chi connectivity index (χ1v) is 6.32. The Morgan fingerprint density at radius 1 is 1.44 bits per heavy atom. The highest BCUT2D eigenvalue weighted by Gasteiger charge is 2.30. The summed E-state index contributed by atoms with van der Waals surface area (Å²) in [6.07, 6.45) is 5.46. The van der Waals surface area contributed by atoms with Gasteiger partial charge in [0.05, 0.1) is 0 Å². The SMILES string of the molecule is CC(C1CC1)N(C)c1ccccc1/C=C/C(=O)O. The molecule has 3 heteroatoms. The number of hydrogen-bond acceptors (Lipinski definition) is 2. The van der Waals surface area contributed by atoms with Crippen molar-refractivity contribution in [2.75, 3.05) is 11.9 Å². The summed E-state index contributed by atoms with van der Waals surface area (Å²) in [4.78, 5) is 12.9. The summed E-state index contributed by atoms with van der Waals surface area (Å²) in [7, 11) is 2.08. The van der Waals surface area contributed by atoms with Gasteiger partial charge in [-0.25, -0.2) is 4.79 Å². The van der Waals surface area contributed by atoms with Crippen LogP contribution < -0.4 is 4.90 Å². The van der Waals surface area contributed by atoms with Crippen molar-refractivity contribution < 1.29 is 9.90 Å². The van der Waals surface area contributed by atoms with Crippen molar-refractivity contribution in [1.82, 2.24) is 0 Å². The lowest BCUT2D eigenvalue weighted by Crippen LogP contribution is -2.31. The molecule has 0 bridgehead atoms. The highest BCUT2D eigenvalue weighted by molar-refractivity contribution is 5.87. The van der Waals surface area contributed by atoms with E-state index in [1.807, 2.05) is 24.3 Å². The predicted octanol–water partition coefficient (Wildman–Crippen LogP) is 3.02. The molecule has 0 radical (unpaired) electrons. The van der Waals surface area contributed by atoms with E-state index in [1.54, 1.807) is 6.08 Å². The van der Waals surface area contributed by atoms with Crippen LogP contribution in [-0.2, 0) is 4.79 Å². The lowest BCUT2D eigenvalue weighted by Gasteiger charge is -2.28. The first-order chi connectivity index (χ1) is 8.59. The minimum atomic E-state index is -0.914. The van der Waals surface area contributed by atoms with Gasteiger partial charge in [0.2, 0.25) is 0 Å². The number of aliphatic carboxylic acids is 1. The van der Waals surface area contributed by atoms with Gasteiger partial charge in [0.15, 0.2) is 0 Å². The Balaban J connectivity index is 2.23. The van der Waals surface area contributed by atoms with Crippen LogP contribution in [0.4, 0.5) is 5.69 Å². The molecule has 1 aromatic rings. The molecule has 0 spiro atoms. The van der Waals surface area contributed by atoms with Gasteiger partial charge in [-0.1, -0.05) is 18.2 Å². The summed E-state index contributed by atoms with van der Waals surface area (Å²) in [5.41, 5.74) is 2.05. The summed E-state index contributed by atoms with van der Waals surface area (Å²) >= 11 is 0. The smallest absolute Gasteiger partial charge is 0.328 e. The molecule has 1 unspecified atom stereocenters. The molecule has 18 heavy (non-hydrogen) atoms. The highest BCUT2D eigenvalue weighted by Crippen LogP contribution is 2.37. The van der Waals surface area contributed by atoms with Crippen LogP contribution in [0.2, 0.25) is 0 Å². The van der Waals surface area contributed by atoms with Crippen LogP contribution in [-0.4, -0.2) is 24.2 Å². The second-order valence-corrected chi connectivity index (χ2v) is 4.92. The molecule has 0 saturated heterocycles. The topological polar surface area (TPSA) is 40.5 Å². The van der Waals surface area contributed by atoms with E-state index in [0.717, 1.165) is 17.2 Å². The van der Waals surface area contributed by atoms with Gasteiger partial charge in [0.25, 0.3) is 0 Å². The summed E-state index contributed by atoms with van der Waals surface area (Å²) in [5, 5.41) is 8.71. The molecule has 0 amide bonds. The number of carboxylic acids is 1. The zero-order valence-corrected chi connectivity index (χ0v) is 10.8. The average molecular weight is 245 g/mol. The zero-order chi connectivity index (χ0) is 13.1. The standard InChI is InChI=1S/C15H19NO2/c1-11(12-7-8-12)16(2)14-6-4-3-5-13(14)9-10-15(17)18/h3-6,9-12H,7-8H2,1-2H3,(H,17,18)/b10-9+. The molecule has 2 rings (SSSR count). The van der Waals surface area contributed by atoms with Crippen LogP contribution in [0.15, 0.2) is 30.3 Å². The number of nitrogens with zero attached hydrogens (tertiary/aromatic N) is 1. The fourth-order valence-electron chi connectivity index (χ4n) is 2.22. The molecule has 0 aromatic heterocycles. The van der Waals surface area contributed by atoms with Gasteiger partial charge in [-0.3, -0.25) is 0 Å². The minimum absolute atomic E-state index is 0.504. The van der Waals surface area contributed by atoms with E-state index >= 15 is 0 Å². The molecule has 1 aromatic carbocycles. The molecule has 1 atom stereocenters. The fraction of sp³-hybridized carbons (Fsp3) is 0.400. The third kappa shape index (κ3) is 2.92. The molecular formula is C15H19NO2. The quantitative estimate of drug-likeness (QED) is 0.811. The van der Waals surface area contributed by atoms with Crippen LogP contribution in [0.5, 0.6) is 0 Å². The maximum Gasteiger partial charge on any atom is 0.328 e. The highest BCUT2D eigenvalue weighted by atomic mass is 16.4. The molecule has 0 aliphatic heterocycles. The number of benzene rings is 1. The fourth-order valence-corrected chi connectivity index (χ4v) is 2.22. The van der Waals surface area contributed by atoms with Gasteiger partial charge in [-0.05, 0) is 43.4 Å². The molecule has 96 valence electrons. The number of carboxylic acid groups (broad SMARTS) is 1. The zero-order valence-electron chi connectivity index (χ0n) is 10.8. The van der Waals surface area contributed by atoms with Gasteiger partial charge in [-0.2, -0.15) is 0 Å².